The van der Waals surface area contributed by atoms with Crippen molar-refractivity contribution in [2.24, 2.45) is 0 Å². The summed E-state index contributed by atoms with van der Waals surface area (Å²) in [6, 6.07) is 6.69. The molecule has 2 aliphatic heterocycles. The smallest absolute Gasteiger partial charge is 0.410 e. The van der Waals surface area contributed by atoms with E-state index in [2.05, 4.69) is 4.90 Å². The lowest BCUT2D eigenvalue weighted by Gasteiger charge is -2.37. The Kier molecular flexibility index (Phi) is 6.90. The van der Waals surface area contributed by atoms with Gasteiger partial charge in [-0.15, -0.1) is 0 Å². The Bertz CT molecular complexity index is 960. The zero-order chi connectivity index (χ0) is 23.6. The van der Waals surface area contributed by atoms with Gasteiger partial charge in [-0.2, -0.15) is 0 Å². The van der Waals surface area contributed by atoms with Crippen molar-refractivity contribution in [3.63, 3.8) is 0 Å². The predicted molar refractivity (Wildman–Crippen MR) is 113 cm³/mol. The van der Waals surface area contributed by atoms with E-state index in [0.29, 0.717) is 43.6 Å². The van der Waals surface area contributed by atoms with Crippen molar-refractivity contribution < 1.29 is 31.8 Å². The second-order valence-electron chi connectivity index (χ2n) is 8.50. The average molecular weight is 466 g/mol. The second-order valence-corrected chi connectivity index (χ2v) is 8.50. The van der Waals surface area contributed by atoms with Crippen LogP contribution in [0.5, 0.6) is 0 Å². The number of carbonyl (C=O) groups excluding carboxylic acids is 1. The van der Waals surface area contributed by atoms with Gasteiger partial charge in [0, 0.05) is 39.0 Å². The molecule has 0 aromatic heterocycles. The van der Waals surface area contributed by atoms with Crippen LogP contribution in [0.15, 0.2) is 36.4 Å². The third-order valence-corrected chi connectivity index (χ3v) is 6.37. The average Bonchev–Trinajstić information content (AvgIpc) is 3.11. The lowest BCUT2D eigenvalue weighted by atomic mass is 9.91. The van der Waals surface area contributed by atoms with Gasteiger partial charge in [0.1, 0.15) is 11.7 Å². The minimum atomic E-state index is -1.04. The van der Waals surface area contributed by atoms with Crippen molar-refractivity contribution in [3.8, 4) is 0 Å². The van der Waals surface area contributed by atoms with Crippen LogP contribution in [0.2, 0.25) is 0 Å². The Labute approximate surface area is 189 Å². The van der Waals surface area contributed by atoms with E-state index in [0.717, 1.165) is 37.4 Å². The molecular weight excluding hydrogens is 440 g/mol. The third-order valence-electron chi connectivity index (χ3n) is 6.37. The van der Waals surface area contributed by atoms with E-state index in [1.54, 1.807) is 4.90 Å². The Morgan fingerprint density at radius 3 is 2.03 bits per heavy atom. The topological polar surface area (TPSA) is 42.0 Å². The number of likely N-dealkylation sites (N-methyl/N-ethyl adjacent to an activating group) is 1. The molecule has 33 heavy (non-hydrogen) atoms. The number of carbonyl (C=O) groups is 1. The summed E-state index contributed by atoms with van der Waals surface area (Å²) in [5, 5.41) is 0. The van der Waals surface area contributed by atoms with Gasteiger partial charge in [0.05, 0.1) is 13.2 Å². The summed E-state index contributed by atoms with van der Waals surface area (Å²) in [6.45, 7) is 5.35. The number of rotatable bonds is 7. The van der Waals surface area contributed by atoms with Gasteiger partial charge < -0.3 is 19.3 Å². The summed E-state index contributed by atoms with van der Waals surface area (Å²) >= 11 is 0. The molecule has 5 nitrogen and oxygen atoms in total. The molecule has 2 fully saturated rings. The Morgan fingerprint density at radius 2 is 1.55 bits per heavy atom. The van der Waals surface area contributed by atoms with Crippen LogP contribution in [0.1, 0.15) is 37.0 Å². The molecule has 0 bridgehead atoms. The molecule has 0 N–H and O–H groups in total. The van der Waals surface area contributed by atoms with Crippen LogP contribution in [-0.2, 0) is 9.47 Å². The number of likely N-dealkylation sites (tertiary alicyclic amines) is 1. The zero-order valence-corrected chi connectivity index (χ0v) is 18.3. The molecule has 2 aliphatic rings. The van der Waals surface area contributed by atoms with Crippen LogP contribution in [0.4, 0.5) is 22.4 Å². The predicted octanol–water partition coefficient (Wildman–Crippen LogP) is 4.66. The van der Waals surface area contributed by atoms with Gasteiger partial charge in [0.2, 0.25) is 0 Å². The normalized spacial score (nSPS) is 18.4. The van der Waals surface area contributed by atoms with Crippen molar-refractivity contribution in [3.05, 3.63) is 70.8 Å². The molecule has 0 aliphatic carbocycles. The molecule has 2 aromatic rings. The highest BCUT2D eigenvalue weighted by atomic mass is 19.2. The Morgan fingerprint density at radius 1 is 0.970 bits per heavy atom. The summed E-state index contributed by atoms with van der Waals surface area (Å²) in [5.74, 6) is -4.09. The van der Waals surface area contributed by atoms with Gasteiger partial charge in [-0.25, -0.2) is 22.4 Å². The highest BCUT2D eigenvalue weighted by molar-refractivity contribution is 5.70. The van der Waals surface area contributed by atoms with E-state index >= 15 is 0 Å². The van der Waals surface area contributed by atoms with Crippen LogP contribution >= 0.6 is 0 Å². The molecule has 2 heterocycles. The number of benzene rings is 2. The minimum absolute atomic E-state index is 0.233. The van der Waals surface area contributed by atoms with Crippen LogP contribution in [0.25, 0.3) is 0 Å². The minimum Gasteiger partial charge on any atom is -0.441 e. The number of halogens is 4. The molecule has 1 spiro atoms. The Hall–Kier alpha value is -2.65. The summed E-state index contributed by atoms with van der Waals surface area (Å²) < 4.78 is 66.1. The lowest BCUT2D eigenvalue weighted by Crippen LogP contribution is -2.47. The number of amides is 1. The maximum Gasteiger partial charge on any atom is 0.410 e. The molecule has 0 saturated carbocycles. The Balaban J connectivity index is 1.39. The first-order valence-corrected chi connectivity index (χ1v) is 11.0. The SMILES string of the molecule is CCN1CC2(CCN(CCOC(c3ccc(F)c(F)c3)c3ccc(F)c(F)c3)CC2)OC1=O. The van der Waals surface area contributed by atoms with E-state index in [4.69, 9.17) is 9.47 Å². The summed E-state index contributed by atoms with van der Waals surface area (Å²) in [5.41, 5.74) is 0.162. The molecule has 0 atom stereocenters. The zero-order valence-electron chi connectivity index (χ0n) is 18.3. The maximum absolute atomic E-state index is 13.8. The first kappa shape index (κ1) is 23.5. The fourth-order valence-corrected chi connectivity index (χ4v) is 4.42. The van der Waals surface area contributed by atoms with E-state index in [1.807, 2.05) is 6.92 Å². The lowest BCUT2D eigenvalue weighted by molar-refractivity contribution is -0.0108. The molecule has 0 unspecified atom stereocenters. The fourth-order valence-electron chi connectivity index (χ4n) is 4.42. The number of hydrogen-bond donors (Lipinski definition) is 0. The molecule has 178 valence electrons. The van der Waals surface area contributed by atoms with Crippen LogP contribution in [0.3, 0.4) is 0 Å². The molecule has 4 rings (SSSR count). The van der Waals surface area contributed by atoms with E-state index in [9.17, 15) is 22.4 Å². The highest BCUT2D eigenvalue weighted by Gasteiger charge is 2.46. The van der Waals surface area contributed by atoms with Crippen LogP contribution < -0.4 is 0 Å². The monoisotopic (exact) mass is 466 g/mol. The standard InChI is InChI=1S/C24H26F4N2O3/c1-2-30-15-24(33-23(30)31)7-9-29(10-8-24)11-12-32-22(16-3-5-18(25)20(27)13-16)17-4-6-19(26)21(28)14-17/h3-6,13-14,22H,2,7-12,15H2,1H3. The van der Waals surface area contributed by atoms with Gasteiger partial charge in [-0.1, -0.05) is 12.1 Å². The maximum atomic E-state index is 13.8. The van der Waals surface area contributed by atoms with Crippen molar-refractivity contribution in [2.45, 2.75) is 31.5 Å². The van der Waals surface area contributed by atoms with Gasteiger partial charge in [-0.3, -0.25) is 0 Å². The first-order chi connectivity index (χ1) is 15.8. The molecule has 2 saturated heterocycles. The molecular formula is C24H26F4N2O3. The van der Waals surface area contributed by atoms with E-state index < -0.39 is 35.0 Å². The van der Waals surface area contributed by atoms with Crippen molar-refractivity contribution in [1.82, 2.24) is 9.80 Å². The highest BCUT2D eigenvalue weighted by Crippen LogP contribution is 2.33. The molecule has 2 aromatic carbocycles. The van der Waals surface area contributed by atoms with Crippen LogP contribution in [-0.4, -0.2) is 60.8 Å². The number of hydrogen-bond acceptors (Lipinski definition) is 4. The summed E-state index contributed by atoms with van der Waals surface area (Å²) in [7, 11) is 0. The van der Waals surface area contributed by atoms with E-state index in [-0.39, 0.29) is 12.7 Å². The van der Waals surface area contributed by atoms with Gasteiger partial charge in [0.25, 0.3) is 0 Å². The van der Waals surface area contributed by atoms with Crippen molar-refractivity contribution in [1.29, 1.82) is 0 Å². The quantitative estimate of drug-likeness (QED) is 0.557. The summed E-state index contributed by atoms with van der Waals surface area (Å²) in [4.78, 5) is 15.8. The number of nitrogens with zero attached hydrogens (tertiary/aromatic N) is 2. The van der Waals surface area contributed by atoms with Gasteiger partial charge >= 0.3 is 6.09 Å². The number of piperidine rings is 1. The van der Waals surface area contributed by atoms with Gasteiger partial charge in [-0.05, 0) is 42.3 Å². The largest absolute Gasteiger partial charge is 0.441 e. The molecule has 9 heteroatoms. The molecule has 1 amide bonds. The third kappa shape index (κ3) is 5.14. The second kappa shape index (κ2) is 9.69. The summed E-state index contributed by atoms with van der Waals surface area (Å²) in [6.07, 6.45) is 0.270. The van der Waals surface area contributed by atoms with Gasteiger partial charge in [0.15, 0.2) is 23.3 Å². The van der Waals surface area contributed by atoms with E-state index in [1.165, 1.54) is 12.1 Å². The molecule has 0 radical (unpaired) electrons. The van der Waals surface area contributed by atoms with Crippen LogP contribution in [0, 0.1) is 23.3 Å². The first-order valence-electron chi connectivity index (χ1n) is 11.0. The van der Waals surface area contributed by atoms with Crippen molar-refractivity contribution in [2.75, 3.05) is 39.3 Å². The number of ether oxygens (including phenoxy) is 2. The van der Waals surface area contributed by atoms with Crippen molar-refractivity contribution >= 4 is 6.09 Å². The fraction of sp³-hybridized carbons (Fsp3) is 0.458.